The molecule has 162 valence electrons. The van der Waals surface area contributed by atoms with Crippen molar-refractivity contribution in [1.29, 1.82) is 0 Å². The summed E-state index contributed by atoms with van der Waals surface area (Å²) in [6.07, 6.45) is 2.34. The lowest BCUT2D eigenvalue weighted by molar-refractivity contribution is -0.116. The van der Waals surface area contributed by atoms with E-state index in [9.17, 15) is 21.6 Å². The molecule has 3 rings (SSSR count). The molecule has 0 saturated heterocycles. The Kier molecular flexibility index (Phi) is 6.61. The third-order valence-corrected chi connectivity index (χ3v) is 7.90. The van der Waals surface area contributed by atoms with Crippen molar-refractivity contribution < 1.29 is 21.6 Å². The molecule has 2 aromatic carbocycles. The Morgan fingerprint density at radius 3 is 2.27 bits per heavy atom. The number of amides is 1. The summed E-state index contributed by atoms with van der Waals surface area (Å²) in [4.78, 5) is 12.6. The van der Waals surface area contributed by atoms with E-state index in [1.807, 2.05) is 0 Å². The fourth-order valence-electron chi connectivity index (χ4n) is 2.88. The first-order valence-corrected chi connectivity index (χ1v) is 12.5. The van der Waals surface area contributed by atoms with Crippen LogP contribution >= 0.6 is 0 Å². The third-order valence-electron chi connectivity index (χ3n) is 4.80. The van der Waals surface area contributed by atoms with Gasteiger partial charge in [0.15, 0.2) is 0 Å². The smallest absolute Gasteiger partial charge is 0.240 e. The number of hydrogen-bond acceptors (Lipinski definition) is 5. The van der Waals surface area contributed by atoms with Crippen LogP contribution in [-0.2, 0) is 31.3 Å². The molecule has 3 N–H and O–H groups in total. The summed E-state index contributed by atoms with van der Waals surface area (Å²) in [5.74, 6) is -0.265. The maximum Gasteiger partial charge on any atom is 0.240 e. The first kappa shape index (κ1) is 22.4. The van der Waals surface area contributed by atoms with Gasteiger partial charge < -0.3 is 5.32 Å². The van der Waals surface area contributed by atoms with Crippen LogP contribution in [0.1, 0.15) is 30.4 Å². The van der Waals surface area contributed by atoms with Crippen molar-refractivity contribution in [2.24, 2.45) is 0 Å². The standard InChI is InChI=1S/C20H25N3O5S2/c1-14-3-7-17(13-19(14)30(27,28)21-2)22-20(24)12-6-15-4-10-18(11-5-15)29(25,26)23-16-8-9-16/h3-5,7,10-11,13,16,21,23H,6,8-9,12H2,1-2H3,(H,22,24). The maximum absolute atomic E-state index is 12.3. The lowest BCUT2D eigenvalue weighted by atomic mass is 10.1. The average Bonchev–Trinajstić information content (AvgIpc) is 3.51. The van der Waals surface area contributed by atoms with E-state index in [0.29, 0.717) is 17.7 Å². The number of aryl methyl sites for hydroxylation is 2. The SMILES string of the molecule is CNS(=O)(=O)c1cc(NC(=O)CCc2ccc(S(=O)(=O)NC3CC3)cc2)ccc1C. The highest BCUT2D eigenvalue weighted by atomic mass is 32.2. The zero-order valence-corrected chi connectivity index (χ0v) is 18.4. The van der Waals surface area contributed by atoms with Crippen molar-refractivity contribution >= 4 is 31.6 Å². The summed E-state index contributed by atoms with van der Waals surface area (Å²) >= 11 is 0. The molecular formula is C20H25N3O5S2. The second kappa shape index (κ2) is 8.84. The minimum Gasteiger partial charge on any atom is -0.326 e. The molecule has 0 aliphatic heterocycles. The monoisotopic (exact) mass is 451 g/mol. The molecule has 0 bridgehead atoms. The van der Waals surface area contributed by atoms with Crippen LogP contribution in [0.4, 0.5) is 5.69 Å². The lowest BCUT2D eigenvalue weighted by Crippen LogP contribution is -2.25. The first-order chi connectivity index (χ1) is 14.1. The van der Waals surface area contributed by atoms with Gasteiger partial charge in [0.2, 0.25) is 26.0 Å². The maximum atomic E-state index is 12.3. The Morgan fingerprint density at radius 1 is 1.00 bits per heavy atom. The van der Waals surface area contributed by atoms with E-state index in [-0.39, 0.29) is 28.2 Å². The Balaban J connectivity index is 1.59. The van der Waals surface area contributed by atoms with E-state index < -0.39 is 20.0 Å². The molecule has 30 heavy (non-hydrogen) atoms. The van der Waals surface area contributed by atoms with Gasteiger partial charge in [0.1, 0.15) is 0 Å². The molecule has 8 nitrogen and oxygen atoms in total. The molecule has 0 atom stereocenters. The van der Waals surface area contributed by atoms with Gasteiger partial charge in [-0.1, -0.05) is 18.2 Å². The molecule has 10 heteroatoms. The van der Waals surface area contributed by atoms with E-state index >= 15 is 0 Å². The van der Waals surface area contributed by atoms with Crippen molar-refractivity contribution in [2.75, 3.05) is 12.4 Å². The van der Waals surface area contributed by atoms with Gasteiger partial charge in [0.05, 0.1) is 9.79 Å². The molecule has 1 aliphatic carbocycles. The molecule has 1 aliphatic rings. The van der Waals surface area contributed by atoms with Gasteiger partial charge in [-0.2, -0.15) is 0 Å². The van der Waals surface area contributed by atoms with E-state index in [2.05, 4.69) is 14.8 Å². The quantitative estimate of drug-likeness (QED) is 0.538. The van der Waals surface area contributed by atoms with Gasteiger partial charge in [-0.3, -0.25) is 4.79 Å². The predicted molar refractivity (Wildman–Crippen MR) is 114 cm³/mol. The highest BCUT2D eigenvalue weighted by molar-refractivity contribution is 7.89. The number of carbonyl (C=O) groups excluding carboxylic acids is 1. The number of rotatable bonds is 9. The summed E-state index contributed by atoms with van der Waals surface area (Å²) in [5.41, 5.74) is 1.80. The van der Waals surface area contributed by atoms with Crippen LogP contribution in [-0.4, -0.2) is 35.8 Å². The molecule has 1 fully saturated rings. The summed E-state index contributed by atoms with van der Waals surface area (Å²) < 4.78 is 53.4. The third kappa shape index (κ3) is 5.66. The van der Waals surface area contributed by atoms with Crippen molar-refractivity contribution in [1.82, 2.24) is 9.44 Å². The molecule has 0 radical (unpaired) electrons. The van der Waals surface area contributed by atoms with Crippen molar-refractivity contribution in [3.8, 4) is 0 Å². The van der Waals surface area contributed by atoms with Crippen LogP contribution in [0.2, 0.25) is 0 Å². The Hall–Kier alpha value is -2.27. The molecule has 0 unspecified atom stereocenters. The number of benzene rings is 2. The van der Waals surface area contributed by atoms with E-state index in [1.54, 1.807) is 31.2 Å². The molecule has 2 aromatic rings. The van der Waals surface area contributed by atoms with Gasteiger partial charge in [0, 0.05) is 18.2 Å². The molecular weight excluding hydrogens is 426 g/mol. The molecule has 1 saturated carbocycles. The lowest BCUT2D eigenvalue weighted by Gasteiger charge is -2.11. The Bertz CT molecular complexity index is 1140. The largest absolute Gasteiger partial charge is 0.326 e. The summed E-state index contributed by atoms with van der Waals surface area (Å²) in [7, 11) is -5.78. The number of nitrogens with one attached hydrogen (secondary N) is 3. The molecule has 1 amide bonds. The Morgan fingerprint density at radius 2 is 1.67 bits per heavy atom. The topological polar surface area (TPSA) is 121 Å². The highest BCUT2D eigenvalue weighted by Crippen LogP contribution is 2.23. The summed E-state index contributed by atoms with van der Waals surface area (Å²) in [5, 5.41) is 2.70. The number of hydrogen-bond donors (Lipinski definition) is 3. The van der Waals surface area contributed by atoms with Crippen molar-refractivity contribution in [3.05, 3.63) is 53.6 Å². The predicted octanol–water partition coefficient (Wildman–Crippen LogP) is 1.92. The molecule has 0 heterocycles. The zero-order valence-electron chi connectivity index (χ0n) is 16.8. The van der Waals surface area contributed by atoms with Gasteiger partial charge in [-0.15, -0.1) is 0 Å². The highest BCUT2D eigenvalue weighted by Gasteiger charge is 2.27. The minimum absolute atomic E-state index is 0.0451. The fraction of sp³-hybridized carbons (Fsp3) is 0.350. The normalized spacial score (nSPS) is 14.5. The number of anilines is 1. The van der Waals surface area contributed by atoms with E-state index in [1.165, 1.54) is 25.2 Å². The second-order valence-corrected chi connectivity index (χ2v) is 10.8. The zero-order chi connectivity index (χ0) is 21.9. The Labute approximate surface area is 177 Å². The number of sulfonamides is 2. The molecule has 0 spiro atoms. The van der Waals surface area contributed by atoms with Crippen LogP contribution < -0.4 is 14.8 Å². The van der Waals surface area contributed by atoms with Crippen molar-refractivity contribution in [3.63, 3.8) is 0 Å². The van der Waals surface area contributed by atoms with Gasteiger partial charge in [-0.25, -0.2) is 26.3 Å². The van der Waals surface area contributed by atoms with Gasteiger partial charge in [-0.05, 0) is 68.6 Å². The average molecular weight is 452 g/mol. The second-order valence-electron chi connectivity index (χ2n) is 7.28. The van der Waals surface area contributed by atoms with Crippen LogP contribution in [0, 0.1) is 6.92 Å². The van der Waals surface area contributed by atoms with Crippen LogP contribution in [0.3, 0.4) is 0 Å². The van der Waals surface area contributed by atoms with E-state index in [0.717, 1.165) is 18.4 Å². The first-order valence-electron chi connectivity index (χ1n) is 9.56. The summed E-state index contributed by atoms with van der Waals surface area (Å²) in [6.45, 7) is 1.68. The fourth-order valence-corrected chi connectivity index (χ4v) is 5.18. The van der Waals surface area contributed by atoms with Crippen LogP contribution in [0.5, 0.6) is 0 Å². The van der Waals surface area contributed by atoms with Crippen LogP contribution in [0.15, 0.2) is 52.3 Å². The minimum atomic E-state index is -3.62. The van der Waals surface area contributed by atoms with Gasteiger partial charge in [0.25, 0.3) is 0 Å². The van der Waals surface area contributed by atoms with Crippen LogP contribution in [0.25, 0.3) is 0 Å². The molecule has 0 aromatic heterocycles. The van der Waals surface area contributed by atoms with Gasteiger partial charge >= 0.3 is 0 Å². The number of carbonyl (C=O) groups is 1. The summed E-state index contributed by atoms with van der Waals surface area (Å²) in [6, 6.07) is 11.2. The van der Waals surface area contributed by atoms with E-state index in [4.69, 9.17) is 0 Å². The van der Waals surface area contributed by atoms with Crippen molar-refractivity contribution in [2.45, 2.75) is 48.4 Å².